The summed E-state index contributed by atoms with van der Waals surface area (Å²) in [7, 11) is 0. The van der Waals surface area contributed by atoms with Crippen molar-refractivity contribution < 1.29 is 0 Å². The molecule has 0 aliphatic rings. The lowest BCUT2D eigenvalue weighted by Crippen LogP contribution is -2.02. The number of aryl methyl sites for hydroxylation is 1. The Morgan fingerprint density at radius 2 is 2.00 bits per heavy atom. The summed E-state index contributed by atoms with van der Waals surface area (Å²) >= 11 is 3.50. The van der Waals surface area contributed by atoms with Crippen molar-refractivity contribution in [2.45, 2.75) is 13.8 Å². The van der Waals surface area contributed by atoms with Crippen LogP contribution in [0.15, 0.2) is 35.1 Å². The monoisotopic (exact) mass is 291 g/mol. The molecule has 1 aromatic carbocycles. The molecule has 0 fully saturated rings. The van der Waals surface area contributed by atoms with Crippen LogP contribution >= 0.6 is 15.9 Å². The lowest BCUT2D eigenvalue weighted by Gasteiger charge is -2.09. The summed E-state index contributed by atoms with van der Waals surface area (Å²) < 4.78 is 1.11. The topological polar surface area (TPSA) is 37.8 Å². The second kappa shape index (κ2) is 5.27. The highest BCUT2D eigenvalue weighted by Crippen LogP contribution is 2.27. The summed E-state index contributed by atoms with van der Waals surface area (Å²) in [6.45, 7) is 4.95. The maximum absolute atomic E-state index is 4.40. The van der Waals surface area contributed by atoms with Gasteiger partial charge in [0.15, 0.2) is 5.82 Å². The van der Waals surface area contributed by atoms with Crippen molar-refractivity contribution in [3.8, 4) is 11.3 Å². The van der Waals surface area contributed by atoms with Gasteiger partial charge in [-0.05, 0) is 31.5 Å². The van der Waals surface area contributed by atoms with Crippen molar-refractivity contribution >= 4 is 21.7 Å². The Morgan fingerprint density at radius 3 is 2.71 bits per heavy atom. The average Bonchev–Trinajstić information content (AvgIpc) is 2.34. The molecule has 1 heterocycles. The zero-order chi connectivity index (χ0) is 12.3. The highest BCUT2D eigenvalue weighted by Gasteiger charge is 2.07. The highest BCUT2D eigenvalue weighted by molar-refractivity contribution is 9.10. The van der Waals surface area contributed by atoms with E-state index in [1.54, 1.807) is 12.4 Å². The number of nitrogens with zero attached hydrogens (tertiary/aromatic N) is 2. The van der Waals surface area contributed by atoms with Gasteiger partial charge < -0.3 is 5.32 Å². The predicted octanol–water partition coefficient (Wildman–Crippen LogP) is 3.65. The van der Waals surface area contributed by atoms with Crippen molar-refractivity contribution in [2.75, 3.05) is 11.9 Å². The zero-order valence-electron chi connectivity index (χ0n) is 9.87. The average molecular weight is 292 g/mol. The molecule has 0 saturated heterocycles. The van der Waals surface area contributed by atoms with Crippen LogP contribution in [0.5, 0.6) is 0 Å². The van der Waals surface area contributed by atoms with Crippen LogP contribution in [0, 0.1) is 6.92 Å². The van der Waals surface area contributed by atoms with Gasteiger partial charge in [0.1, 0.15) is 5.69 Å². The fourth-order valence-electron chi connectivity index (χ4n) is 1.64. The molecule has 0 aliphatic carbocycles. The van der Waals surface area contributed by atoms with Crippen LogP contribution in [0.2, 0.25) is 0 Å². The minimum Gasteiger partial charge on any atom is -0.369 e. The lowest BCUT2D eigenvalue weighted by molar-refractivity contribution is 1.12. The molecule has 0 radical (unpaired) electrons. The fourth-order valence-corrected chi connectivity index (χ4v) is 1.88. The normalized spacial score (nSPS) is 10.3. The van der Waals surface area contributed by atoms with Crippen LogP contribution in [0.3, 0.4) is 0 Å². The maximum atomic E-state index is 4.40. The van der Waals surface area contributed by atoms with Gasteiger partial charge in [0.25, 0.3) is 0 Å². The first kappa shape index (κ1) is 12.0. The van der Waals surface area contributed by atoms with E-state index in [4.69, 9.17) is 0 Å². The minimum absolute atomic E-state index is 0.830. The molecular weight excluding hydrogens is 278 g/mol. The Morgan fingerprint density at radius 1 is 1.24 bits per heavy atom. The van der Waals surface area contributed by atoms with Crippen molar-refractivity contribution in [3.63, 3.8) is 0 Å². The molecule has 2 aromatic rings. The number of hydrogen-bond donors (Lipinski definition) is 1. The lowest BCUT2D eigenvalue weighted by atomic mass is 10.1. The summed E-state index contributed by atoms with van der Waals surface area (Å²) in [5.41, 5.74) is 3.16. The second-order valence-corrected chi connectivity index (χ2v) is 4.60. The maximum Gasteiger partial charge on any atom is 0.152 e. The number of anilines is 1. The van der Waals surface area contributed by atoms with E-state index in [0.29, 0.717) is 0 Å². The molecule has 1 aromatic heterocycles. The van der Waals surface area contributed by atoms with Gasteiger partial charge in [0, 0.05) is 29.0 Å². The number of hydrogen-bond acceptors (Lipinski definition) is 3. The molecule has 1 N–H and O–H groups in total. The van der Waals surface area contributed by atoms with E-state index in [9.17, 15) is 0 Å². The molecule has 88 valence electrons. The largest absolute Gasteiger partial charge is 0.369 e. The number of halogens is 1. The number of rotatable bonds is 3. The Kier molecular flexibility index (Phi) is 3.74. The molecular formula is C13H14BrN3. The van der Waals surface area contributed by atoms with Crippen molar-refractivity contribution in [2.24, 2.45) is 0 Å². The van der Waals surface area contributed by atoms with Gasteiger partial charge in [0.2, 0.25) is 0 Å². The Labute approximate surface area is 109 Å². The molecule has 0 atom stereocenters. The SMILES string of the molecule is CCNc1nccnc1-c1ccc(Br)c(C)c1. The number of benzene rings is 1. The fraction of sp³-hybridized carbons (Fsp3) is 0.231. The summed E-state index contributed by atoms with van der Waals surface area (Å²) in [5.74, 6) is 0.830. The van der Waals surface area contributed by atoms with Crippen LogP contribution in [0.25, 0.3) is 11.3 Å². The highest BCUT2D eigenvalue weighted by atomic mass is 79.9. The number of nitrogens with one attached hydrogen (secondary N) is 1. The molecule has 0 amide bonds. The van der Waals surface area contributed by atoms with Crippen LogP contribution in [-0.2, 0) is 0 Å². The van der Waals surface area contributed by atoms with E-state index in [0.717, 1.165) is 28.1 Å². The quantitative estimate of drug-likeness (QED) is 0.938. The van der Waals surface area contributed by atoms with Gasteiger partial charge in [-0.25, -0.2) is 4.98 Å². The smallest absolute Gasteiger partial charge is 0.152 e. The van der Waals surface area contributed by atoms with Crippen LogP contribution < -0.4 is 5.32 Å². The Balaban J connectivity index is 2.48. The summed E-state index contributed by atoms with van der Waals surface area (Å²) in [5, 5.41) is 3.22. The van der Waals surface area contributed by atoms with Gasteiger partial charge in [0.05, 0.1) is 0 Å². The third-order valence-electron chi connectivity index (χ3n) is 2.47. The van der Waals surface area contributed by atoms with Gasteiger partial charge in [-0.1, -0.05) is 22.0 Å². The number of aromatic nitrogens is 2. The first-order chi connectivity index (χ1) is 8.22. The van der Waals surface area contributed by atoms with Gasteiger partial charge in [-0.3, -0.25) is 4.98 Å². The van der Waals surface area contributed by atoms with Crippen LogP contribution in [-0.4, -0.2) is 16.5 Å². The molecule has 0 saturated carbocycles. The Bertz CT molecular complexity index is 526. The molecule has 0 unspecified atom stereocenters. The zero-order valence-corrected chi connectivity index (χ0v) is 11.5. The standard InChI is InChI=1S/C13H14BrN3/c1-3-15-13-12(16-6-7-17-13)10-4-5-11(14)9(2)8-10/h4-8H,3H2,1-2H3,(H,15,17). The molecule has 3 nitrogen and oxygen atoms in total. The van der Waals surface area contributed by atoms with Crippen LogP contribution in [0.4, 0.5) is 5.82 Å². The van der Waals surface area contributed by atoms with Crippen LogP contribution in [0.1, 0.15) is 12.5 Å². The third kappa shape index (κ3) is 2.64. The van der Waals surface area contributed by atoms with Gasteiger partial charge in [-0.15, -0.1) is 0 Å². The van der Waals surface area contributed by atoms with E-state index in [1.165, 1.54) is 5.56 Å². The second-order valence-electron chi connectivity index (χ2n) is 3.75. The molecule has 0 aliphatic heterocycles. The molecule has 17 heavy (non-hydrogen) atoms. The molecule has 2 rings (SSSR count). The van der Waals surface area contributed by atoms with Crippen molar-refractivity contribution in [1.82, 2.24) is 9.97 Å². The molecule has 0 bridgehead atoms. The van der Waals surface area contributed by atoms with Gasteiger partial charge in [-0.2, -0.15) is 0 Å². The summed E-state index contributed by atoms with van der Waals surface area (Å²) in [6, 6.07) is 6.19. The first-order valence-corrected chi connectivity index (χ1v) is 6.33. The van der Waals surface area contributed by atoms with E-state index in [2.05, 4.69) is 44.2 Å². The first-order valence-electron chi connectivity index (χ1n) is 5.53. The van der Waals surface area contributed by atoms with Crippen molar-refractivity contribution in [1.29, 1.82) is 0 Å². The van der Waals surface area contributed by atoms with Gasteiger partial charge >= 0.3 is 0 Å². The summed E-state index contributed by atoms with van der Waals surface area (Å²) in [6.07, 6.45) is 3.42. The van der Waals surface area contributed by atoms with E-state index >= 15 is 0 Å². The summed E-state index contributed by atoms with van der Waals surface area (Å²) in [4.78, 5) is 8.71. The minimum atomic E-state index is 0.830. The third-order valence-corrected chi connectivity index (χ3v) is 3.36. The molecule has 0 spiro atoms. The van der Waals surface area contributed by atoms with E-state index < -0.39 is 0 Å². The predicted molar refractivity (Wildman–Crippen MR) is 74.1 cm³/mol. The van der Waals surface area contributed by atoms with E-state index in [1.807, 2.05) is 19.1 Å². The van der Waals surface area contributed by atoms with Crippen molar-refractivity contribution in [3.05, 3.63) is 40.6 Å². The van der Waals surface area contributed by atoms with E-state index in [-0.39, 0.29) is 0 Å². The Hall–Kier alpha value is -1.42. The molecule has 4 heteroatoms.